The number of aromatic nitrogens is 1. The number of hydrogen-bond acceptors (Lipinski definition) is 8. The monoisotopic (exact) mass is 588 g/mol. The predicted octanol–water partition coefficient (Wildman–Crippen LogP) is 0.0581. The maximum absolute atomic E-state index is 13.7. The Morgan fingerprint density at radius 1 is 1.09 bits per heavy atom. The number of nitrogens with two attached hydrogens (primary N) is 1. The van der Waals surface area contributed by atoms with E-state index in [2.05, 4.69) is 20.9 Å². The summed E-state index contributed by atoms with van der Waals surface area (Å²) in [5.74, 6) is -1.94. The van der Waals surface area contributed by atoms with Crippen LogP contribution in [0, 0.1) is 0 Å². The highest BCUT2D eigenvalue weighted by Crippen LogP contribution is 2.24. The maximum atomic E-state index is 13.7. The van der Waals surface area contributed by atoms with Crippen LogP contribution in [-0.2, 0) is 25.6 Å². The Balaban J connectivity index is 1.27. The van der Waals surface area contributed by atoms with Crippen LogP contribution in [0.1, 0.15) is 24.8 Å². The molecule has 7 N–H and O–H groups in total. The van der Waals surface area contributed by atoms with Gasteiger partial charge in [-0.15, -0.1) is 0 Å². The summed E-state index contributed by atoms with van der Waals surface area (Å²) in [5, 5.41) is 20.9. The first kappa shape index (κ1) is 28.7. The molecular formula is C31H37N7O5. The zero-order chi connectivity index (χ0) is 31.2. The van der Waals surface area contributed by atoms with Crippen molar-refractivity contribution >= 4 is 40.2 Å². The van der Waals surface area contributed by atoms with Crippen LogP contribution < -0.4 is 27.0 Å². The molecule has 226 valence electrons. The number of carbonyl (C=O) groups excluding carboxylic acids is 4. The topological polar surface area (TPSA) is 179 Å². The smallest absolute Gasteiger partial charge is 0.249 e. The molecule has 3 aromatic rings. The number of nitrogens with zero attached hydrogens (tertiary/aromatic N) is 2. The van der Waals surface area contributed by atoms with Gasteiger partial charge < -0.3 is 37.0 Å². The van der Waals surface area contributed by atoms with E-state index >= 15 is 0 Å². The van der Waals surface area contributed by atoms with E-state index in [0.717, 1.165) is 21.8 Å². The number of para-hydroxylation sites is 1. The molecule has 2 aromatic carbocycles. The average molecular weight is 589 g/mol. The second-order valence-electron chi connectivity index (χ2n) is 11.0. The minimum atomic E-state index is -1.25. The van der Waals surface area contributed by atoms with Crippen molar-refractivity contribution < 1.29 is 25.7 Å². The number of aryl methyl sites for hydroxylation is 1. The number of aliphatic hydroxyl groups is 1. The van der Waals surface area contributed by atoms with Gasteiger partial charge in [0.1, 0.15) is 12.1 Å². The molecule has 3 heterocycles. The molecule has 12 nitrogen and oxygen atoms in total. The van der Waals surface area contributed by atoms with E-state index in [1.807, 2.05) is 54.6 Å². The van der Waals surface area contributed by atoms with Gasteiger partial charge in [0.2, 0.25) is 23.6 Å². The molecule has 0 radical (unpaired) electrons. The fourth-order valence-electron chi connectivity index (χ4n) is 5.63. The summed E-state index contributed by atoms with van der Waals surface area (Å²) in [6.07, 6.45) is 1.36. The molecule has 0 spiro atoms. The van der Waals surface area contributed by atoms with Crippen molar-refractivity contribution in [3.05, 3.63) is 72.4 Å². The fraction of sp³-hybridized carbons (Fsp3) is 0.387. The first-order chi connectivity index (χ1) is 21.2. The van der Waals surface area contributed by atoms with E-state index in [1.54, 1.807) is 12.3 Å². The Morgan fingerprint density at radius 2 is 1.86 bits per heavy atom. The van der Waals surface area contributed by atoms with Gasteiger partial charge in [-0.05, 0) is 43.4 Å². The van der Waals surface area contributed by atoms with Gasteiger partial charge in [-0.3, -0.25) is 24.2 Å². The average Bonchev–Trinajstić information content (AvgIpc) is 3.71. The third-order valence-corrected chi connectivity index (χ3v) is 7.85. The number of aliphatic hydroxyl groups excluding tert-OH is 1. The molecule has 5 atom stereocenters. The summed E-state index contributed by atoms with van der Waals surface area (Å²) in [6, 6.07) is 16.0. The molecule has 0 aliphatic carbocycles. The van der Waals surface area contributed by atoms with Crippen molar-refractivity contribution in [2.24, 2.45) is 5.73 Å². The lowest BCUT2D eigenvalue weighted by Gasteiger charge is -2.26. The number of carbonyl (C=O) groups is 4. The Labute approximate surface area is 250 Å². The Morgan fingerprint density at radius 3 is 2.65 bits per heavy atom. The fourth-order valence-corrected chi connectivity index (χ4v) is 5.63. The standard InChI is InChI=1S/C31H37N7O5/c32-15-28(40)35-22-13-25(34-17-22)31(43)38-18-23(37-30(42)27(39)11-10-19-6-2-1-3-7-19)14-26(38)29(41)36-21-12-20-8-4-5-9-24(20)33-16-21/h1-9,12,16,22-23,25-27,34,39H,10-11,13-15,17-18,32H2,(H,35,40)(H,36,41)(H,37,42)/t22-,23-,25+,26+,27-/m1/s1/i/hD. The third kappa shape index (κ3) is 7.53. The van der Waals surface area contributed by atoms with E-state index in [9.17, 15) is 24.3 Å². The third-order valence-electron chi connectivity index (χ3n) is 7.85. The predicted molar refractivity (Wildman–Crippen MR) is 161 cm³/mol. The molecule has 0 bridgehead atoms. The van der Waals surface area contributed by atoms with Crippen LogP contribution in [0.25, 0.3) is 10.9 Å². The normalized spacial score (nSPS) is 22.6. The van der Waals surface area contributed by atoms with Gasteiger partial charge in [-0.1, -0.05) is 48.5 Å². The zero-order valence-corrected chi connectivity index (χ0v) is 23.7. The highest BCUT2D eigenvalue weighted by molar-refractivity contribution is 5.99. The number of amides is 4. The first-order valence-electron chi connectivity index (χ1n) is 14.9. The van der Waals surface area contributed by atoms with Gasteiger partial charge in [0, 0.05) is 30.6 Å². The molecule has 4 amide bonds. The second-order valence-corrected chi connectivity index (χ2v) is 11.0. The number of benzene rings is 2. The quantitative estimate of drug-likeness (QED) is 0.192. The summed E-state index contributed by atoms with van der Waals surface area (Å²) in [6.45, 7) is -0.0265. The molecule has 2 fully saturated rings. The molecule has 0 unspecified atom stereocenters. The van der Waals surface area contributed by atoms with Gasteiger partial charge in [-0.2, -0.15) is 0 Å². The summed E-state index contributed by atoms with van der Waals surface area (Å²) < 4.78 is 8.04. The van der Waals surface area contributed by atoms with Gasteiger partial charge in [0.25, 0.3) is 0 Å². The van der Waals surface area contributed by atoms with Gasteiger partial charge in [-0.25, -0.2) is 0 Å². The summed E-state index contributed by atoms with van der Waals surface area (Å²) in [7, 11) is 0. The van der Waals surface area contributed by atoms with Crippen molar-refractivity contribution in [1.82, 2.24) is 25.8 Å². The summed E-state index contributed by atoms with van der Waals surface area (Å²) >= 11 is 0. The number of hydrogen-bond donors (Lipinski definition) is 6. The van der Waals surface area contributed by atoms with Gasteiger partial charge in [0.05, 0.1) is 30.0 Å². The number of nitrogens with one attached hydrogen (secondary N) is 4. The van der Waals surface area contributed by atoms with E-state index in [4.69, 9.17) is 7.15 Å². The minimum absolute atomic E-state index is 0.0548. The zero-order valence-electron chi connectivity index (χ0n) is 24.7. The largest absolute Gasteiger partial charge is 0.383 e. The molecule has 2 aliphatic heterocycles. The van der Waals surface area contributed by atoms with Crippen molar-refractivity contribution in [3.63, 3.8) is 0 Å². The van der Waals surface area contributed by atoms with Crippen molar-refractivity contribution in [3.8, 4) is 0 Å². The highest BCUT2D eigenvalue weighted by atomic mass is 16.3. The van der Waals surface area contributed by atoms with E-state index < -0.39 is 48.0 Å². The van der Waals surface area contributed by atoms with Crippen LogP contribution in [0.3, 0.4) is 0 Å². The number of likely N-dealkylation sites (tertiary alicyclic amines) is 1. The van der Waals surface area contributed by atoms with Crippen LogP contribution in [0.4, 0.5) is 5.69 Å². The van der Waals surface area contributed by atoms with Crippen LogP contribution in [0.2, 0.25) is 1.41 Å². The van der Waals surface area contributed by atoms with Crippen molar-refractivity contribution in [2.45, 2.75) is 56.0 Å². The van der Waals surface area contributed by atoms with E-state index in [0.29, 0.717) is 12.1 Å². The minimum Gasteiger partial charge on any atom is -0.383 e. The number of fused-ring (bicyclic) bond motifs is 1. The highest BCUT2D eigenvalue weighted by Gasteiger charge is 2.44. The van der Waals surface area contributed by atoms with E-state index in [-0.39, 0.29) is 44.8 Å². The lowest BCUT2D eigenvalue weighted by atomic mass is 10.1. The molecule has 2 saturated heterocycles. The Hall–Kier alpha value is -4.39. The number of anilines is 1. The lowest BCUT2D eigenvalue weighted by molar-refractivity contribution is -0.138. The maximum Gasteiger partial charge on any atom is 0.249 e. The van der Waals surface area contributed by atoms with Gasteiger partial charge >= 0.3 is 0 Å². The molecular weight excluding hydrogens is 550 g/mol. The van der Waals surface area contributed by atoms with Crippen LogP contribution in [0.15, 0.2) is 66.9 Å². The lowest BCUT2D eigenvalue weighted by Crippen LogP contribution is -2.50. The second kappa shape index (κ2) is 13.7. The molecule has 43 heavy (non-hydrogen) atoms. The number of pyridine rings is 1. The van der Waals surface area contributed by atoms with Crippen LogP contribution in [-0.4, -0.2) is 88.5 Å². The Kier molecular flexibility index (Phi) is 9.16. The molecule has 5 rings (SSSR count). The van der Waals surface area contributed by atoms with E-state index in [1.165, 1.54) is 4.90 Å². The molecule has 12 heteroatoms. The molecule has 2 aliphatic rings. The molecule has 1 aromatic heterocycles. The van der Waals surface area contributed by atoms with Crippen molar-refractivity contribution in [2.75, 3.05) is 25.0 Å². The van der Waals surface area contributed by atoms with Crippen molar-refractivity contribution in [1.29, 1.82) is 0 Å². The Bertz CT molecular complexity index is 1510. The van der Waals surface area contributed by atoms with Crippen LogP contribution >= 0.6 is 0 Å². The molecule has 0 saturated carbocycles. The van der Waals surface area contributed by atoms with Crippen LogP contribution in [0.5, 0.6) is 0 Å². The summed E-state index contributed by atoms with van der Waals surface area (Å²) in [4.78, 5) is 58.0. The summed E-state index contributed by atoms with van der Waals surface area (Å²) in [5.41, 5.74) is 7.64. The van der Waals surface area contributed by atoms with Gasteiger partial charge in [0.15, 0.2) is 1.41 Å². The SMILES string of the molecule is [2H]N(C(=O)CN)[C@H]1CN[C@H](C(=O)N2C[C@H](NC(=O)[C@H](O)CCc3ccccc3)C[C@H]2C(=O)Nc2cnc3ccccc3c2)C1. The first-order valence-corrected chi connectivity index (χ1v) is 14.5. The number of rotatable bonds is 10.